The monoisotopic (exact) mass is 599 g/mol. The predicted molar refractivity (Wildman–Crippen MR) is 157 cm³/mol. The topological polar surface area (TPSA) is 119 Å². The second-order valence-corrected chi connectivity index (χ2v) is 13.7. The Kier molecular flexibility index (Phi) is 7.80. The van der Waals surface area contributed by atoms with Crippen LogP contribution in [0.5, 0.6) is 0 Å². The largest absolute Gasteiger partial charge is 0.448 e. The summed E-state index contributed by atoms with van der Waals surface area (Å²) in [6, 6.07) is 14.0. The number of halogens is 1. The molecule has 2 aliphatic heterocycles. The van der Waals surface area contributed by atoms with Crippen molar-refractivity contribution in [2.45, 2.75) is 36.8 Å². The van der Waals surface area contributed by atoms with Crippen LogP contribution in [0.3, 0.4) is 0 Å². The number of nitrogens with zero attached hydrogens (tertiary/aromatic N) is 1. The molecule has 1 aromatic heterocycles. The molecule has 11 heteroatoms. The molecule has 3 heterocycles. The van der Waals surface area contributed by atoms with Gasteiger partial charge >= 0.3 is 5.97 Å². The Morgan fingerprint density at radius 3 is 2.73 bits per heavy atom. The summed E-state index contributed by atoms with van der Waals surface area (Å²) < 4.78 is 30.0. The van der Waals surface area contributed by atoms with Gasteiger partial charge in [-0.15, -0.1) is 11.3 Å². The third-order valence-electron chi connectivity index (χ3n) is 7.35. The van der Waals surface area contributed by atoms with E-state index in [1.54, 1.807) is 35.6 Å². The Morgan fingerprint density at radius 1 is 1.20 bits per heavy atom. The maximum absolute atomic E-state index is 13.2. The number of benzene rings is 2. The predicted octanol–water partition coefficient (Wildman–Crippen LogP) is 4.16. The summed E-state index contributed by atoms with van der Waals surface area (Å²) >= 11 is 8.27. The van der Waals surface area contributed by atoms with Gasteiger partial charge in [0.25, 0.3) is 0 Å². The number of aryl methyl sites for hydroxylation is 1. The average Bonchev–Trinajstić information content (AvgIpc) is 3.50. The van der Waals surface area contributed by atoms with Gasteiger partial charge in [0.15, 0.2) is 15.4 Å². The molecule has 210 valence electrons. The summed E-state index contributed by atoms with van der Waals surface area (Å²) in [6.07, 6.45) is 2.43. The minimum Gasteiger partial charge on any atom is -0.448 e. The molecule has 2 aliphatic rings. The van der Waals surface area contributed by atoms with Crippen LogP contribution in [0, 0.1) is 6.92 Å². The molecule has 1 fully saturated rings. The molecule has 0 aliphatic carbocycles. The van der Waals surface area contributed by atoms with E-state index in [1.807, 2.05) is 35.4 Å². The minimum absolute atomic E-state index is 0.101. The van der Waals surface area contributed by atoms with E-state index in [-0.39, 0.29) is 22.9 Å². The lowest BCUT2D eigenvalue weighted by Crippen LogP contribution is -2.53. The van der Waals surface area contributed by atoms with Gasteiger partial charge < -0.3 is 15.8 Å². The van der Waals surface area contributed by atoms with Crippen molar-refractivity contribution in [3.63, 3.8) is 0 Å². The zero-order valence-electron chi connectivity index (χ0n) is 22.2. The molecule has 0 bridgehead atoms. The SMILES string of the molecule is Cc1cc(-c2cccc(S(C)(=O)=O)c2)c(Cl)cc1C1=C(N)[C@@]2(CCCN(CC(=O)NCc3cccs3)C2)OC1=O. The zero-order valence-corrected chi connectivity index (χ0v) is 24.6. The molecule has 1 atom stereocenters. The Morgan fingerprint density at radius 2 is 2.00 bits per heavy atom. The number of sulfone groups is 1. The molecule has 3 aromatic rings. The van der Waals surface area contributed by atoms with E-state index < -0.39 is 21.4 Å². The van der Waals surface area contributed by atoms with Crippen molar-refractivity contribution < 1.29 is 22.7 Å². The summed E-state index contributed by atoms with van der Waals surface area (Å²) in [6.45, 7) is 3.52. The van der Waals surface area contributed by atoms with Gasteiger partial charge in [-0.2, -0.15) is 0 Å². The number of hydrogen-bond acceptors (Lipinski definition) is 8. The highest BCUT2D eigenvalue weighted by atomic mass is 35.5. The van der Waals surface area contributed by atoms with E-state index in [9.17, 15) is 18.0 Å². The third kappa shape index (κ3) is 5.67. The average molecular weight is 600 g/mol. The first kappa shape index (κ1) is 28.4. The van der Waals surface area contributed by atoms with Crippen LogP contribution in [-0.2, 0) is 30.7 Å². The number of nitrogens with one attached hydrogen (secondary N) is 1. The van der Waals surface area contributed by atoms with Crippen LogP contribution in [-0.4, -0.2) is 56.7 Å². The number of amides is 1. The summed E-state index contributed by atoms with van der Waals surface area (Å²) in [5, 5.41) is 5.26. The standard InChI is InChI=1S/C29H30ClN3O5S2/c1-18-12-23(19-6-3-8-21(13-19)40(2,36)37)24(30)14-22(18)26-27(31)29(38-28(26)35)9-5-10-33(17-29)16-25(34)32-15-20-7-4-11-39-20/h3-4,6-8,11-14H,5,9-10,15-17,31H2,1-2H3,(H,32,34)/t29-/m0/s1. The number of likely N-dealkylation sites (tertiary alicyclic amines) is 1. The molecule has 40 heavy (non-hydrogen) atoms. The fourth-order valence-corrected chi connectivity index (χ4v) is 6.93. The molecular formula is C29H30ClN3O5S2. The van der Waals surface area contributed by atoms with E-state index in [2.05, 4.69) is 5.32 Å². The van der Waals surface area contributed by atoms with Crippen molar-refractivity contribution >= 4 is 50.2 Å². The Bertz CT molecular complexity index is 1620. The maximum atomic E-state index is 13.2. The van der Waals surface area contributed by atoms with Crippen LogP contribution in [0.1, 0.15) is 28.8 Å². The van der Waals surface area contributed by atoms with Gasteiger partial charge in [0.1, 0.15) is 0 Å². The molecule has 1 saturated heterocycles. The van der Waals surface area contributed by atoms with Crippen LogP contribution in [0.2, 0.25) is 5.02 Å². The van der Waals surface area contributed by atoms with Crippen molar-refractivity contribution in [3.8, 4) is 11.1 Å². The van der Waals surface area contributed by atoms with Crippen LogP contribution in [0.25, 0.3) is 16.7 Å². The molecule has 0 radical (unpaired) electrons. The lowest BCUT2D eigenvalue weighted by atomic mass is 9.86. The van der Waals surface area contributed by atoms with Gasteiger partial charge in [0.05, 0.1) is 29.3 Å². The molecule has 3 N–H and O–H groups in total. The van der Waals surface area contributed by atoms with Crippen molar-refractivity contribution in [1.29, 1.82) is 0 Å². The Hall–Kier alpha value is -3.18. The first-order valence-corrected chi connectivity index (χ1v) is 16.0. The zero-order chi connectivity index (χ0) is 28.7. The number of hydrogen-bond donors (Lipinski definition) is 2. The molecule has 1 amide bonds. The number of carbonyl (C=O) groups excluding carboxylic acids is 2. The molecule has 0 saturated carbocycles. The van der Waals surface area contributed by atoms with Gasteiger partial charge in [0, 0.05) is 28.3 Å². The van der Waals surface area contributed by atoms with E-state index in [4.69, 9.17) is 22.1 Å². The lowest BCUT2D eigenvalue weighted by Gasteiger charge is -2.39. The molecule has 1 spiro atoms. The molecule has 2 aromatic carbocycles. The fourth-order valence-electron chi connectivity index (χ4n) is 5.35. The van der Waals surface area contributed by atoms with Crippen molar-refractivity contribution in [2.24, 2.45) is 5.73 Å². The maximum Gasteiger partial charge on any atom is 0.341 e. The van der Waals surface area contributed by atoms with Crippen molar-refractivity contribution in [3.05, 3.63) is 80.6 Å². The number of esters is 1. The number of carbonyl (C=O) groups is 2. The normalized spacial score (nSPS) is 19.7. The van der Waals surface area contributed by atoms with Crippen LogP contribution in [0.4, 0.5) is 0 Å². The summed E-state index contributed by atoms with van der Waals surface area (Å²) in [5.74, 6) is -0.622. The van der Waals surface area contributed by atoms with Crippen LogP contribution >= 0.6 is 22.9 Å². The number of piperidine rings is 1. The van der Waals surface area contributed by atoms with E-state index in [1.165, 1.54) is 6.07 Å². The van der Waals surface area contributed by atoms with Gasteiger partial charge in [-0.1, -0.05) is 29.8 Å². The fraction of sp³-hybridized carbons (Fsp3) is 0.310. The molecule has 0 unspecified atom stereocenters. The van der Waals surface area contributed by atoms with E-state index in [0.717, 1.165) is 23.1 Å². The van der Waals surface area contributed by atoms with Gasteiger partial charge in [-0.25, -0.2) is 13.2 Å². The minimum atomic E-state index is -3.39. The summed E-state index contributed by atoms with van der Waals surface area (Å²) in [4.78, 5) is 29.1. The lowest BCUT2D eigenvalue weighted by molar-refractivity contribution is -0.149. The summed E-state index contributed by atoms with van der Waals surface area (Å²) in [7, 11) is -3.39. The van der Waals surface area contributed by atoms with Crippen molar-refractivity contribution in [1.82, 2.24) is 10.2 Å². The highest BCUT2D eigenvalue weighted by Gasteiger charge is 2.49. The van der Waals surface area contributed by atoms with Gasteiger partial charge in [0.2, 0.25) is 5.91 Å². The smallest absolute Gasteiger partial charge is 0.341 e. The third-order valence-corrected chi connectivity index (χ3v) is 9.65. The quantitative estimate of drug-likeness (QED) is 0.392. The first-order valence-electron chi connectivity index (χ1n) is 12.8. The van der Waals surface area contributed by atoms with E-state index >= 15 is 0 Å². The van der Waals surface area contributed by atoms with Gasteiger partial charge in [-0.05, 0) is 78.7 Å². The highest BCUT2D eigenvalue weighted by Crippen LogP contribution is 2.43. The first-order chi connectivity index (χ1) is 19.0. The number of thiophene rings is 1. The van der Waals surface area contributed by atoms with E-state index in [0.29, 0.717) is 53.5 Å². The molecule has 5 rings (SSSR count). The number of ether oxygens (including phenoxy) is 1. The second-order valence-electron chi connectivity index (χ2n) is 10.3. The second kappa shape index (κ2) is 11.0. The Labute approximate surface area is 242 Å². The molecular weight excluding hydrogens is 570 g/mol. The van der Waals surface area contributed by atoms with Gasteiger partial charge in [-0.3, -0.25) is 9.69 Å². The number of nitrogens with two attached hydrogens (primary N) is 1. The molecule has 8 nitrogen and oxygen atoms in total. The van der Waals surface area contributed by atoms with Crippen molar-refractivity contribution in [2.75, 3.05) is 25.9 Å². The Balaban J connectivity index is 1.39. The van der Waals surface area contributed by atoms with Crippen LogP contribution in [0.15, 0.2) is 64.5 Å². The summed E-state index contributed by atoms with van der Waals surface area (Å²) in [5.41, 5.74) is 8.87. The number of rotatable bonds is 7. The highest BCUT2D eigenvalue weighted by molar-refractivity contribution is 7.90. The van der Waals surface area contributed by atoms with Crippen LogP contribution < -0.4 is 11.1 Å².